The lowest BCUT2D eigenvalue weighted by Crippen LogP contribution is -2.60. The number of thioether (sulfide) groups is 1. The van der Waals surface area contributed by atoms with E-state index in [0.29, 0.717) is 35.6 Å². The van der Waals surface area contributed by atoms with Crippen LogP contribution in [-0.4, -0.2) is 52.8 Å². The average Bonchev–Trinajstić information content (AvgIpc) is 3.40. The van der Waals surface area contributed by atoms with Crippen molar-refractivity contribution in [3.8, 4) is 0 Å². The third-order valence-electron chi connectivity index (χ3n) is 10.5. The molecule has 2 N–H and O–H groups in total. The summed E-state index contributed by atoms with van der Waals surface area (Å²) in [6.45, 7) is 6.49. The number of para-hydroxylation sites is 1. The maximum Gasteiger partial charge on any atom is 0.416 e. The Bertz CT molecular complexity index is 1790. The second-order valence-electron chi connectivity index (χ2n) is 14.0. The van der Waals surface area contributed by atoms with Crippen molar-refractivity contribution in [1.29, 1.82) is 0 Å². The molecule has 2 amide bonds. The number of benzene rings is 3. The molecule has 1 saturated heterocycles. The van der Waals surface area contributed by atoms with Crippen LogP contribution < -0.4 is 10.2 Å². The first-order chi connectivity index (χ1) is 22.7. The molecule has 254 valence electrons. The molecule has 2 aliphatic rings. The molecule has 1 aliphatic carbocycles. The average molecular weight is 677 g/mol. The molecule has 6 nitrogen and oxygen atoms in total. The minimum Gasteiger partial charge on any atom is -0.378 e. The quantitative estimate of drug-likeness (QED) is 0.186. The molecule has 6 rings (SSSR count). The first kappa shape index (κ1) is 34.0. The number of carbonyl (C=O) groups excluding carboxylic acids is 2. The second-order valence-corrected chi connectivity index (χ2v) is 15.3. The van der Waals surface area contributed by atoms with Gasteiger partial charge in [0, 0.05) is 55.0 Å². The number of alkyl halides is 3. The lowest BCUT2D eigenvalue weighted by Gasteiger charge is -2.45. The standard InChI is InChI=1S/C38H43F3N4O2S/c1-24-33(29-8-6-7-9-31(29)42-24)34-30(36(34,2)3)22-32(46)45(23-25-10-12-26(13-11-25)38(39,40)41)37(18-20-48-21-19-37)35(47)43-27-14-16-28(17-15-27)44(4)5/h6-17,30,34,42H,18-23H2,1-5H3,(H,43,47)/t30-,34+/m0/s1. The van der Waals surface area contributed by atoms with Crippen molar-refractivity contribution >= 4 is 45.9 Å². The van der Waals surface area contributed by atoms with Crippen molar-refractivity contribution in [2.75, 3.05) is 35.8 Å². The van der Waals surface area contributed by atoms with Crippen LogP contribution in [0, 0.1) is 18.3 Å². The minimum absolute atomic E-state index is 0.0367. The highest BCUT2D eigenvalue weighted by Gasteiger charge is 2.60. The number of anilines is 2. The molecule has 0 spiro atoms. The highest BCUT2D eigenvalue weighted by molar-refractivity contribution is 7.99. The molecule has 10 heteroatoms. The van der Waals surface area contributed by atoms with Gasteiger partial charge in [-0.15, -0.1) is 0 Å². The predicted octanol–water partition coefficient (Wildman–Crippen LogP) is 8.62. The highest BCUT2D eigenvalue weighted by Crippen LogP contribution is 2.67. The third kappa shape index (κ3) is 6.43. The van der Waals surface area contributed by atoms with E-state index in [1.807, 2.05) is 55.4 Å². The zero-order valence-electron chi connectivity index (χ0n) is 28.1. The number of H-pyrrole nitrogens is 1. The Morgan fingerprint density at radius 2 is 1.60 bits per heavy atom. The number of rotatable bonds is 9. The lowest BCUT2D eigenvalue weighted by atomic mass is 9.87. The molecule has 0 bridgehead atoms. The van der Waals surface area contributed by atoms with Gasteiger partial charge in [-0.25, -0.2) is 0 Å². The second kappa shape index (κ2) is 12.8. The summed E-state index contributed by atoms with van der Waals surface area (Å²) in [5.41, 5.74) is 3.49. The van der Waals surface area contributed by atoms with Gasteiger partial charge in [0.2, 0.25) is 11.8 Å². The predicted molar refractivity (Wildman–Crippen MR) is 188 cm³/mol. The van der Waals surface area contributed by atoms with Gasteiger partial charge in [-0.05, 0) is 102 Å². The van der Waals surface area contributed by atoms with E-state index in [1.165, 1.54) is 17.7 Å². The summed E-state index contributed by atoms with van der Waals surface area (Å²) in [6.07, 6.45) is -3.34. The van der Waals surface area contributed by atoms with Gasteiger partial charge < -0.3 is 20.1 Å². The van der Waals surface area contributed by atoms with E-state index >= 15 is 0 Å². The molecule has 1 aliphatic heterocycles. The third-order valence-corrected chi connectivity index (χ3v) is 11.5. The van der Waals surface area contributed by atoms with Crippen molar-refractivity contribution in [2.45, 2.75) is 64.2 Å². The van der Waals surface area contributed by atoms with Gasteiger partial charge in [-0.1, -0.05) is 44.2 Å². The van der Waals surface area contributed by atoms with Crippen molar-refractivity contribution in [2.24, 2.45) is 11.3 Å². The van der Waals surface area contributed by atoms with Crippen LogP contribution in [0.4, 0.5) is 24.5 Å². The first-order valence-corrected chi connectivity index (χ1v) is 17.6. The van der Waals surface area contributed by atoms with Gasteiger partial charge in [0.15, 0.2) is 0 Å². The molecule has 48 heavy (non-hydrogen) atoms. The summed E-state index contributed by atoms with van der Waals surface area (Å²) in [4.78, 5) is 36.3. The molecule has 1 saturated carbocycles. The largest absolute Gasteiger partial charge is 0.416 e. The fourth-order valence-electron chi connectivity index (χ4n) is 7.57. The molecule has 2 fully saturated rings. The maximum atomic E-state index is 14.7. The van der Waals surface area contributed by atoms with Crippen LogP contribution in [0.5, 0.6) is 0 Å². The van der Waals surface area contributed by atoms with Gasteiger partial charge >= 0.3 is 6.18 Å². The number of amides is 2. The first-order valence-electron chi connectivity index (χ1n) is 16.4. The maximum absolute atomic E-state index is 14.7. The van der Waals surface area contributed by atoms with Crippen molar-refractivity contribution in [3.63, 3.8) is 0 Å². The monoisotopic (exact) mass is 676 g/mol. The van der Waals surface area contributed by atoms with Crippen LogP contribution in [0.3, 0.4) is 0 Å². The fourth-order valence-corrected chi connectivity index (χ4v) is 8.74. The topological polar surface area (TPSA) is 68.4 Å². The van der Waals surface area contributed by atoms with E-state index in [2.05, 4.69) is 43.2 Å². The smallest absolute Gasteiger partial charge is 0.378 e. The number of aryl methyl sites for hydroxylation is 1. The summed E-state index contributed by atoms with van der Waals surface area (Å²) in [6, 6.07) is 20.7. The van der Waals surface area contributed by atoms with E-state index in [-0.39, 0.29) is 42.0 Å². The summed E-state index contributed by atoms with van der Waals surface area (Å²) in [5.74, 6) is 1.14. The van der Waals surface area contributed by atoms with E-state index < -0.39 is 17.3 Å². The number of fused-ring (bicyclic) bond motifs is 1. The number of hydrogen-bond acceptors (Lipinski definition) is 4. The molecule has 0 radical (unpaired) electrons. The van der Waals surface area contributed by atoms with Crippen LogP contribution in [0.2, 0.25) is 0 Å². The molecular formula is C38H43F3N4O2S. The Kier molecular flexibility index (Phi) is 9.08. The van der Waals surface area contributed by atoms with E-state index in [4.69, 9.17) is 0 Å². The van der Waals surface area contributed by atoms with E-state index in [9.17, 15) is 22.8 Å². The fraction of sp³-hybridized carbons (Fsp3) is 0.421. The van der Waals surface area contributed by atoms with Crippen molar-refractivity contribution in [3.05, 3.63) is 95.2 Å². The van der Waals surface area contributed by atoms with Gasteiger partial charge in [0.25, 0.3) is 0 Å². The van der Waals surface area contributed by atoms with Gasteiger partial charge in [-0.3, -0.25) is 9.59 Å². The molecule has 4 aromatic rings. The summed E-state index contributed by atoms with van der Waals surface area (Å²) >= 11 is 1.74. The zero-order valence-corrected chi connectivity index (χ0v) is 28.9. The van der Waals surface area contributed by atoms with Crippen molar-refractivity contribution < 1.29 is 22.8 Å². The Morgan fingerprint density at radius 3 is 2.23 bits per heavy atom. The lowest BCUT2D eigenvalue weighted by molar-refractivity contribution is -0.147. The van der Waals surface area contributed by atoms with E-state index in [0.717, 1.165) is 34.4 Å². The minimum atomic E-state index is -4.47. The molecular weight excluding hydrogens is 634 g/mol. The van der Waals surface area contributed by atoms with Gasteiger partial charge in [-0.2, -0.15) is 24.9 Å². The van der Waals surface area contributed by atoms with Crippen molar-refractivity contribution in [1.82, 2.24) is 9.88 Å². The number of aromatic nitrogens is 1. The van der Waals surface area contributed by atoms with Crippen LogP contribution in [-0.2, 0) is 22.3 Å². The number of carbonyl (C=O) groups is 2. The zero-order chi connectivity index (χ0) is 34.4. The van der Waals surface area contributed by atoms with Gasteiger partial charge in [0.1, 0.15) is 5.54 Å². The van der Waals surface area contributed by atoms with Crippen LogP contribution in [0.1, 0.15) is 61.4 Å². The van der Waals surface area contributed by atoms with Gasteiger partial charge in [0.05, 0.1) is 5.56 Å². The number of hydrogen-bond donors (Lipinski definition) is 2. The van der Waals surface area contributed by atoms with Crippen LogP contribution >= 0.6 is 11.8 Å². The number of nitrogens with one attached hydrogen (secondary N) is 2. The highest BCUT2D eigenvalue weighted by atomic mass is 32.2. The molecule has 3 aromatic carbocycles. The Balaban J connectivity index is 1.34. The molecule has 1 aromatic heterocycles. The number of halogens is 3. The number of aromatic amines is 1. The number of nitrogens with zero attached hydrogens (tertiary/aromatic N) is 2. The normalized spacial score (nSPS) is 19.9. The SMILES string of the molecule is Cc1[nH]c2ccccc2c1[C@H]1[C@H](CC(=O)N(Cc2ccc(C(F)(F)F)cc2)C2(C(=O)Nc3ccc(N(C)C)cc3)CCSCC2)C1(C)C. The Hall–Kier alpha value is -3.92. The summed E-state index contributed by atoms with van der Waals surface area (Å²) in [5, 5.41) is 4.26. The van der Waals surface area contributed by atoms with Crippen LogP contribution in [0.25, 0.3) is 10.9 Å². The molecule has 0 unspecified atom stereocenters. The Morgan fingerprint density at radius 1 is 0.958 bits per heavy atom. The summed E-state index contributed by atoms with van der Waals surface area (Å²) < 4.78 is 40.3. The molecule has 2 atom stereocenters. The van der Waals surface area contributed by atoms with E-state index in [1.54, 1.807) is 16.7 Å². The Labute approximate surface area is 284 Å². The molecule has 2 heterocycles. The summed E-state index contributed by atoms with van der Waals surface area (Å²) in [7, 11) is 3.89. The van der Waals surface area contributed by atoms with Crippen LogP contribution in [0.15, 0.2) is 72.8 Å².